The second-order valence-electron chi connectivity index (χ2n) is 8.95. The molecule has 2 aromatic carbocycles. The number of hydrogen-bond donors (Lipinski definition) is 2. The van der Waals surface area contributed by atoms with E-state index < -0.39 is 10.0 Å². The molecule has 2 N–H and O–H groups in total. The number of aromatic amines is 1. The van der Waals surface area contributed by atoms with E-state index in [9.17, 15) is 13.2 Å². The Hall–Kier alpha value is -3.00. The maximum atomic E-state index is 13.3. The number of aromatic nitrogens is 1. The Bertz CT molecular complexity index is 1320. The van der Waals surface area contributed by atoms with Crippen molar-refractivity contribution < 1.29 is 22.7 Å². The summed E-state index contributed by atoms with van der Waals surface area (Å²) in [5.41, 5.74) is 3.14. The first-order chi connectivity index (χ1) is 15.1. The number of Topliss-reactive ketones (excluding diaryl/α,β-unsaturated/α-hetero) is 1. The van der Waals surface area contributed by atoms with Gasteiger partial charge in [0.15, 0.2) is 17.3 Å². The van der Waals surface area contributed by atoms with Gasteiger partial charge in [0.05, 0.1) is 24.8 Å². The third-order valence-electron chi connectivity index (χ3n) is 5.94. The van der Waals surface area contributed by atoms with Crippen LogP contribution in [0.25, 0.3) is 10.9 Å². The van der Waals surface area contributed by atoms with Crippen LogP contribution in [0.4, 0.5) is 5.69 Å². The van der Waals surface area contributed by atoms with Crippen LogP contribution in [0, 0.1) is 5.41 Å². The standard InChI is InChI=1S/C24H28N2O5S/c1-6-14-9-16-17(25-18-12-24(2,3)13-19(27)23(16)18)11-22(14)32(28,29)26-15-7-8-20(30-4)21(10-15)31-5/h7-11,25-26H,6,12-13H2,1-5H3. The number of fused-ring (bicyclic) bond motifs is 3. The maximum Gasteiger partial charge on any atom is 0.262 e. The molecule has 1 aromatic heterocycles. The summed E-state index contributed by atoms with van der Waals surface area (Å²) in [6.07, 6.45) is 1.74. The maximum absolute atomic E-state index is 13.3. The summed E-state index contributed by atoms with van der Waals surface area (Å²) in [6, 6.07) is 8.32. The Labute approximate surface area is 188 Å². The first kappa shape index (κ1) is 22.2. The minimum Gasteiger partial charge on any atom is -0.493 e. The molecule has 0 bridgehead atoms. The van der Waals surface area contributed by atoms with Crippen LogP contribution in [0.2, 0.25) is 0 Å². The van der Waals surface area contributed by atoms with Gasteiger partial charge in [-0.25, -0.2) is 8.42 Å². The molecule has 0 saturated carbocycles. The van der Waals surface area contributed by atoms with Gasteiger partial charge >= 0.3 is 0 Å². The van der Waals surface area contributed by atoms with E-state index in [1.165, 1.54) is 14.2 Å². The molecule has 0 unspecified atom stereocenters. The van der Waals surface area contributed by atoms with Crippen LogP contribution in [0.5, 0.6) is 11.5 Å². The number of aryl methyl sites for hydroxylation is 1. The number of sulfonamides is 1. The van der Waals surface area contributed by atoms with Crippen LogP contribution in [-0.2, 0) is 22.9 Å². The topological polar surface area (TPSA) is 97.5 Å². The van der Waals surface area contributed by atoms with Crippen molar-refractivity contribution >= 4 is 32.4 Å². The van der Waals surface area contributed by atoms with Crippen molar-refractivity contribution in [2.45, 2.75) is 44.9 Å². The van der Waals surface area contributed by atoms with E-state index in [1.807, 2.05) is 13.0 Å². The fraction of sp³-hybridized carbons (Fsp3) is 0.375. The minimum atomic E-state index is -3.88. The van der Waals surface area contributed by atoms with Gasteiger partial charge in [-0.15, -0.1) is 0 Å². The van der Waals surface area contributed by atoms with E-state index >= 15 is 0 Å². The largest absolute Gasteiger partial charge is 0.493 e. The molecule has 0 radical (unpaired) electrons. The summed E-state index contributed by atoms with van der Waals surface area (Å²) in [5, 5.41) is 0.794. The Morgan fingerprint density at radius 2 is 1.78 bits per heavy atom. The third kappa shape index (κ3) is 3.83. The van der Waals surface area contributed by atoms with Crippen molar-refractivity contribution in [3.05, 3.63) is 47.2 Å². The van der Waals surface area contributed by atoms with Gasteiger partial charge in [-0.05, 0) is 48.1 Å². The van der Waals surface area contributed by atoms with E-state index in [0.717, 1.165) is 17.5 Å². The number of H-pyrrole nitrogens is 1. The molecular formula is C24H28N2O5S. The van der Waals surface area contributed by atoms with E-state index in [-0.39, 0.29) is 16.1 Å². The molecule has 170 valence electrons. The highest BCUT2D eigenvalue weighted by molar-refractivity contribution is 7.92. The van der Waals surface area contributed by atoms with Crippen LogP contribution in [-0.4, -0.2) is 33.4 Å². The molecule has 0 fully saturated rings. The molecule has 1 aliphatic rings. The highest BCUT2D eigenvalue weighted by Crippen LogP contribution is 2.39. The lowest BCUT2D eigenvalue weighted by Crippen LogP contribution is -2.26. The summed E-state index contributed by atoms with van der Waals surface area (Å²) >= 11 is 0. The number of carbonyl (C=O) groups is 1. The predicted molar refractivity (Wildman–Crippen MR) is 124 cm³/mol. The predicted octanol–water partition coefficient (Wildman–Crippen LogP) is 4.70. The first-order valence-corrected chi connectivity index (χ1v) is 12.0. The summed E-state index contributed by atoms with van der Waals surface area (Å²) in [7, 11) is -0.866. The number of carbonyl (C=O) groups excluding carboxylic acids is 1. The highest BCUT2D eigenvalue weighted by atomic mass is 32.2. The number of methoxy groups -OCH3 is 2. The van der Waals surface area contributed by atoms with E-state index in [0.29, 0.717) is 46.7 Å². The Morgan fingerprint density at radius 1 is 1.06 bits per heavy atom. The second-order valence-corrected chi connectivity index (χ2v) is 10.6. The van der Waals surface area contributed by atoms with E-state index in [2.05, 4.69) is 23.6 Å². The molecule has 3 aromatic rings. The molecule has 1 aliphatic carbocycles. The van der Waals surface area contributed by atoms with Gasteiger partial charge < -0.3 is 14.5 Å². The third-order valence-corrected chi connectivity index (χ3v) is 7.40. The van der Waals surface area contributed by atoms with Gasteiger partial charge in [-0.1, -0.05) is 20.8 Å². The molecule has 0 spiro atoms. The van der Waals surface area contributed by atoms with Gasteiger partial charge in [0.25, 0.3) is 10.0 Å². The number of hydrogen-bond acceptors (Lipinski definition) is 5. The van der Waals surface area contributed by atoms with Gasteiger partial charge in [0.1, 0.15) is 0 Å². The zero-order valence-corrected chi connectivity index (χ0v) is 19.8. The molecular weight excluding hydrogens is 428 g/mol. The van der Waals surface area contributed by atoms with Crippen molar-refractivity contribution in [1.82, 2.24) is 4.98 Å². The van der Waals surface area contributed by atoms with Crippen LogP contribution >= 0.6 is 0 Å². The van der Waals surface area contributed by atoms with Crippen molar-refractivity contribution in [1.29, 1.82) is 0 Å². The van der Waals surface area contributed by atoms with Crippen molar-refractivity contribution in [3.8, 4) is 11.5 Å². The molecule has 4 rings (SSSR count). The normalized spacial score (nSPS) is 15.5. The lowest BCUT2D eigenvalue weighted by Gasteiger charge is -2.28. The van der Waals surface area contributed by atoms with Crippen molar-refractivity contribution in [3.63, 3.8) is 0 Å². The number of benzene rings is 2. The van der Waals surface area contributed by atoms with Gasteiger partial charge in [-0.3, -0.25) is 9.52 Å². The molecule has 0 aliphatic heterocycles. The number of ketones is 1. The number of ether oxygens (including phenoxy) is 2. The summed E-state index contributed by atoms with van der Waals surface area (Å²) < 4.78 is 39.8. The molecule has 8 heteroatoms. The molecule has 7 nitrogen and oxygen atoms in total. The fourth-order valence-electron chi connectivity index (χ4n) is 4.47. The first-order valence-electron chi connectivity index (χ1n) is 10.5. The summed E-state index contributed by atoms with van der Waals surface area (Å²) in [4.78, 5) is 16.3. The monoisotopic (exact) mass is 456 g/mol. The number of rotatable bonds is 6. The summed E-state index contributed by atoms with van der Waals surface area (Å²) in [5.74, 6) is 1.04. The molecule has 1 heterocycles. The van der Waals surface area contributed by atoms with E-state index in [1.54, 1.807) is 24.3 Å². The fourth-order valence-corrected chi connectivity index (χ4v) is 5.84. The minimum absolute atomic E-state index is 0.101. The Balaban J connectivity index is 1.79. The average molecular weight is 457 g/mol. The number of nitrogens with one attached hydrogen (secondary N) is 2. The Kier molecular flexibility index (Phi) is 5.45. The molecule has 32 heavy (non-hydrogen) atoms. The molecule has 0 atom stereocenters. The van der Waals surface area contributed by atoms with Crippen LogP contribution in [0.3, 0.4) is 0 Å². The van der Waals surface area contributed by atoms with E-state index in [4.69, 9.17) is 9.47 Å². The Morgan fingerprint density at radius 3 is 2.44 bits per heavy atom. The zero-order chi connectivity index (χ0) is 23.3. The SMILES string of the molecule is CCc1cc2c3c([nH]c2cc1S(=O)(=O)Nc1ccc(OC)c(OC)c1)CC(C)(C)CC3=O. The van der Waals surface area contributed by atoms with Crippen LogP contribution in [0.15, 0.2) is 35.2 Å². The lowest BCUT2D eigenvalue weighted by molar-refractivity contribution is 0.0913. The van der Waals surface area contributed by atoms with Crippen LogP contribution in [0.1, 0.15) is 48.8 Å². The smallest absolute Gasteiger partial charge is 0.262 e. The number of anilines is 1. The lowest BCUT2D eigenvalue weighted by atomic mass is 9.76. The molecule has 0 amide bonds. The van der Waals surface area contributed by atoms with Crippen molar-refractivity contribution in [2.75, 3.05) is 18.9 Å². The average Bonchev–Trinajstić information content (AvgIpc) is 3.08. The summed E-state index contributed by atoms with van der Waals surface area (Å²) in [6.45, 7) is 6.04. The van der Waals surface area contributed by atoms with Gasteiger partial charge in [0.2, 0.25) is 0 Å². The van der Waals surface area contributed by atoms with Gasteiger partial charge in [0, 0.05) is 34.6 Å². The molecule has 0 saturated heterocycles. The van der Waals surface area contributed by atoms with Gasteiger partial charge in [-0.2, -0.15) is 0 Å². The second kappa shape index (κ2) is 7.85. The zero-order valence-electron chi connectivity index (χ0n) is 19.0. The van der Waals surface area contributed by atoms with Crippen molar-refractivity contribution in [2.24, 2.45) is 5.41 Å². The quantitative estimate of drug-likeness (QED) is 0.560. The van der Waals surface area contributed by atoms with Crippen LogP contribution < -0.4 is 14.2 Å². The highest BCUT2D eigenvalue weighted by Gasteiger charge is 2.34.